The fourth-order valence-corrected chi connectivity index (χ4v) is 1.21. The molecular weight excluding hydrogens is 143 g/mol. The summed E-state index contributed by atoms with van der Waals surface area (Å²) >= 11 is 0. The van der Waals surface area contributed by atoms with Gasteiger partial charge in [0.05, 0.1) is 12.3 Å². The predicted octanol–water partition coefficient (Wildman–Crippen LogP) is -0.0650. The maximum atomic E-state index is 10.1. The zero-order valence-electron chi connectivity index (χ0n) is 5.19. The average Bonchev–Trinajstić information content (AvgIpc) is 1.62. The quantitative estimate of drug-likeness (QED) is 0.497. The molecule has 0 unspecified atom stereocenters. The van der Waals surface area contributed by atoms with E-state index < -0.39 is 19.9 Å². The molecule has 0 heterocycles. The Balaban J connectivity index is 3.60. The minimum atomic E-state index is -3.99. The number of hydrogen-bond acceptors (Lipinski definition) is 2. The summed E-state index contributed by atoms with van der Waals surface area (Å²) in [6, 6.07) is 0. The molecule has 5 heteroatoms. The minimum Gasteiger partial charge on any atom is -0.392 e. The van der Waals surface area contributed by atoms with Gasteiger partial charge in [0, 0.05) is 0 Å². The van der Waals surface area contributed by atoms with Crippen LogP contribution in [-0.2, 0) is 4.57 Å². The van der Waals surface area contributed by atoms with Gasteiger partial charge in [0.15, 0.2) is 0 Å². The van der Waals surface area contributed by atoms with E-state index >= 15 is 0 Å². The van der Waals surface area contributed by atoms with Gasteiger partial charge in [-0.25, -0.2) is 0 Å². The van der Waals surface area contributed by atoms with Gasteiger partial charge in [-0.1, -0.05) is 6.92 Å². The molecule has 0 aliphatic heterocycles. The first-order valence-corrected chi connectivity index (χ1v) is 4.48. The molecule has 0 radical (unpaired) electrons. The SMILES string of the molecule is CC[C@H](O)CP(=O)(O)O. The number of aliphatic hydroxyl groups is 1. The molecule has 0 aromatic carbocycles. The largest absolute Gasteiger partial charge is 0.392 e. The maximum Gasteiger partial charge on any atom is 0.328 e. The van der Waals surface area contributed by atoms with E-state index in [2.05, 4.69) is 0 Å². The lowest BCUT2D eigenvalue weighted by molar-refractivity contribution is 0.185. The van der Waals surface area contributed by atoms with Crippen molar-refractivity contribution in [1.82, 2.24) is 0 Å². The summed E-state index contributed by atoms with van der Waals surface area (Å²) in [5, 5.41) is 8.70. The fourth-order valence-electron chi connectivity index (χ4n) is 0.404. The summed E-state index contributed by atoms with van der Waals surface area (Å²) < 4.78 is 10.1. The van der Waals surface area contributed by atoms with Gasteiger partial charge >= 0.3 is 7.60 Å². The van der Waals surface area contributed by atoms with Crippen molar-refractivity contribution in [3.63, 3.8) is 0 Å². The van der Waals surface area contributed by atoms with Gasteiger partial charge < -0.3 is 14.9 Å². The molecule has 0 aromatic rings. The molecule has 56 valence electrons. The Labute approximate surface area is 53.7 Å². The standard InChI is InChI=1S/C4H11O4P/c1-2-4(5)3-9(6,7)8/h4-5H,2-3H2,1H3,(H2,6,7,8)/t4-/m0/s1. The van der Waals surface area contributed by atoms with Crippen LogP contribution in [0.5, 0.6) is 0 Å². The van der Waals surface area contributed by atoms with E-state index in [9.17, 15) is 4.57 Å². The average molecular weight is 154 g/mol. The Morgan fingerprint density at radius 2 is 2.00 bits per heavy atom. The Morgan fingerprint density at radius 3 is 2.11 bits per heavy atom. The van der Waals surface area contributed by atoms with Crippen molar-refractivity contribution in [3.05, 3.63) is 0 Å². The Kier molecular flexibility index (Phi) is 3.36. The Bertz CT molecular complexity index is 118. The van der Waals surface area contributed by atoms with E-state index in [-0.39, 0.29) is 0 Å². The highest BCUT2D eigenvalue weighted by Gasteiger charge is 2.17. The van der Waals surface area contributed by atoms with Crippen molar-refractivity contribution >= 4 is 7.60 Å². The van der Waals surface area contributed by atoms with Crippen molar-refractivity contribution < 1.29 is 19.5 Å². The maximum absolute atomic E-state index is 10.1. The highest BCUT2D eigenvalue weighted by Crippen LogP contribution is 2.35. The van der Waals surface area contributed by atoms with Crippen LogP contribution in [0.2, 0.25) is 0 Å². The lowest BCUT2D eigenvalue weighted by Gasteiger charge is -2.07. The fraction of sp³-hybridized carbons (Fsp3) is 1.00. The molecule has 0 amide bonds. The normalized spacial score (nSPS) is 15.6. The molecule has 0 spiro atoms. The summed E-state index contributed by atoms with van der Waals surface area (Å²) in [7, 11) is -3.99. The number of hydrogen-bond donors (Lipinski definition) is 3. The lowest BCUT2D eigenvalue weighted by Crippen LogP contribution is -2.10. The lowest BCUT2D eigenvalue weighted by atomic mass is 10.3. The van der Waals surface area contributed by atoms with Gasteiger partial charge in [0.1, 0.15) is 0 Å². The first-order valence-electron chi connectivity index (χ1n) is 2.68. The van der Waals surface area contributed by atoms with Crippen molar-refractivity contribution in [1.29, 1.82) is 0 Å². The number of rotatable bonds is 3. The first kappa shape index (κ1) is 9.11. The van der Waals surface area contributed by atoms with Gasteiger partial charge in [-0.2, -0.15) is 0 Å². The van der Waals surface area contributed by atoms with Crippen LogP contribution >= 0.6 is 7.60 Å². The van der Waals surface area contributed by atoms with Gasteiger partial charge in [0.25, 0.3) is 0 Å². The third-order valence-corrected chi connectivity index (χ3v) is 1.82. The third kappa shape index (κ3) is 5.99. The van der Waals surface area contributed by atoms with Crippen LogP contribution in [0.4, 0.5) is 0 Å². The molecule has 0 rings (SSSR count). The first-order chi connectivity index (χ1) is 3.95. The van der Waals surface area contributed by atoms with E-state index in [1.54, 1.807) is 6.92 Å². The van der Waals surface area contributed by atoms with Crippen LogP contribution in [0.1, 0.15) is 13.3 Å². The molecule has 0 aliphatic carbocycles. The van der Waals surface area contributed by atoms with E-state index in [1.807, 2.05) is 0 Å². The molecule has 1 atom stereocenters. The van der Waals surface area contributed by atoms with Crippen molar-refractivity contribution in [2.45, 2.75) is 19.4 Å². The van der Waals surface area contributed by atoms with E-state index in [1.165, 1.54) is 0 Å². The van der Waals surface area contributed by atoms with Crippen molar-refractivity contribution in [2.24, 2.45) is 0 Å². The van der Waals surface area contributed by atoms with Crippen LogP contribution in [0.3, 0.4) is 0 Å². The number of aliphatic hydroxyl groups excluding tert-OH is 1. The van der Waals surface area contributed by atoms with E-state index in [0.29, 0.717) is 6.42 Å². The molecule has 4 nitrogen and oxygen atoms in total. The Morgan fingerprint density at radius 1 is 1.56 bits per heavy atom. The molecule has 0 bridgehead atoms. The Hall–Kier alpha value is 0.110. The highest BCUT2D eigenvalue weighted by atomic mass is 31.2. The minimum absolute atomic E-state index is 0.380. The zero-order chi connectivity index (χ0) is 7.49. The van der Waals surface area contributed by atoms with Crippen LogP contribution in [0.25, 0.3) is 0 Å². The van der Waals surface area contributed by atoms with Gasteiger partial charge in [0.2, 0.25) is 0 Å². The summed E-state index contributed by atoms with van der Waals surface area (Å²) in [6.45, 7) is 1.67. The van der Waals surface area contributed by atoms with Crippen LogP contribution < -0.4 is 0 Å². The molecular formula is C4H11O4P. The molecule has 0 aromatic heterocycles. The van der Waals surface area contributed by atoms with E-state index in [0.717, 1.165) is 0 Å². The molecule has 0 fully saturated rings. The van der Waals surface area contributed by atoms with Crippen LogP contribution in [-0.4, -0.2) is 27.2 Å². The highest BCUT2D eigenvalue weighted by molar-refractivity contribution is 7.51. The van der Waals surface area contributed by atoms with Crippen molar-refractivity contribution in [2.75, 3.05) is 6.16 Å². The van der Waals surface area contributed by atoms with Gasteiger partial charge in [-0.15, -0.1) is 0 Å². The van der Waals surface area contributed by atoms with Crippen LogP contribution in [0.15, 0.2) is 0 Å². The summed E-state index contributed by atoms with van der Waals surface area (Å²) in [5.41, 5.74) is 0. The molecule has 3 N–H and O–H groups in total. The smallest absolute Gasteiger partial charge is 0.328 e. The summed E-state index contributed by atoms with van der Waals surface area (Å²) in [6.07, 6.45) is -0.917. The second-order valence-electron chi connectivity index (χ2n) is 1.91. The molecule has 0 saturated carbocycles. The van der Waals surface area contributed by atoms with Crippen LogP contribution in [0, 0.1) is 0 Å². The zero-order valence-corrected chi connectivity index (χ0v) is 6.08. The van der Waals surface area contributed by atoms with Gasteiger partial charge in [-0.05, 0) is 6.42 Å². The molecule has 0 saturated heterocycles. The monoisotopic (exact) mass is 154 g/mol. The molecule has 0 aliphatic rings. The molecule has 9 heavy (non-hydrogen) atoms. The predicted molar refractivity (Wildman–Crippen MR) is 33.2 cm³/mol. The summed E-state index contributed by atoms with van der Waals surface area (Å²) in [5.74, 6) is 0. The van der Waals surface area contributed by atoms with Gasteiger partial charge in [-0.3, -0.25) is 4.57 Å². The van der Waals surface area contributed by atoms with Crippen molar-refractivity contribution in [3.8, 4) is 0 Å². The van der Waals surface area contributed by atoms with E-state index in [4.69, 9.17) is 14.9 Å². The third-order valence-electron chi connectivity index (χ3n) is 0.920. The second-order valence-corrected chi connectivity index (χ2v) is 3.60. The topological polar surface area (TPSA) is 77.8 Å². The second kappa shape index (κ2) is 3.32. The summed E-state index contributed by atoms with van der Waals surface area (Å²) in [4.78, 5) is 16.5.